The minimum atomic E-state index is 0. The highest BCUT2D eigenvalue weighted by Gasteiger charge is 2.22. The third-order valence-electron chi connectivity index (χ3n) is 4.61. The minimum absolute atomic E-state index is 0. The molecule has 0 saturated carbocycles. The monoisotopic (exact) mass is 453 g/mol. The first kappa shape index (κ1) is 21.9. The van der Waals surface area contributed by atoms with Crippen molar-refractivity contribution >= 4 is 29.9 Å². The number of likely N-dealkylation sites (tertiary alicyclic amines) is 1. The smallest absolute Gasteiger partial charge is 0.191 e. The van der Waals surface area contributed by atoms with Crippen LogP contribution in [0.2, 0.25) is 0 Å². The fourth-order valence-corrected chi connectivity index (χ4v) is 3.45. The molecule has 2 heterocycles. The molecular weight excluding hydrogens is 417 g/mol. The Morgan fingerprint density at radius 3 is 2.58 bits per heavy atom. The molecule has 2 fully saturated rings. The molecule has 2 aliphatic rings. The Morgan fingerprint density at radius 2 is 1.96 bits per heavy atom. The van der Waals surface area contributed by atoms with E-state index in [1.54, 1.807) is 0 Å². The van der Waals surface area contributed by atoms with Gasteiger partial charge < -0.3 is 20.3 Å². The van der Waals surface area contributed by atoms with Crippen molar-refractivity contribution in [2.75, 3.05) is 66.5 Å². The number of halogens is 1. The molecule has 7 heteroatoms. The minimum Gasteiger partial charge on any atom is -0.374 e. The second-order valence-electron chi connectivity index (χ2n) is 7.40. The number of ether oxygens (including phenoxy) is 1. The van der Waals surface area contributed by atoms with Gasteiger partial charge in [0.25, 0.3) is 0 Å². The summed E-state index contributed by atoms with van der Waals surface area (Å²) in [6.45, 7) is 12.8. The summed E-state index contributed by atoms with van der Waals surface area (Å²) in [7, 11) is 4.03. The zero-order chi connectivity index (χ0) is 16.7. The van der Waals surface area contributed by atoms with E-state index in [0.717, 1.165) is 51.2 Å². The Labute approximate surface area is 164 Å². The van der Waals surface area contributed by atoms with Gasteiger partial charge in [0.05, 0.1) is 12.7 Å². The summed E-state index contributed by atoms with van der Waals surface area (Å²) in [6.07, 6.45) is 1.52. The number of nitrogens with one attached hydrogen (secondary N) is 2. The molecule has 0 radical (unpaired) electrons. The maximum atomic E-state index is 5.88. The lowest BCUT2D eigenvalue weighted by Crippen LogP contribution is -2.50. The van der Waals surface area contributed by atoms with E-state index in [0.29, 0.717) is 5.92 Å². The molecule has 0 aromatic carbocycles. The zero-order valence-electron chi connectivity index (χ0n) is 15.8. The quantitative estimate of drug-likeness (QED) is 0.358. The summed E-state index contributed by atoms with van der Waals surface area (Å²) in [6, 6.07) is 0. The molecule has 0 spiro atoms. The van der Waals surface area contributed by atoms with Crippen LogP contribution < -0.4 is 10.6 Å². The summed E-state index contributed by atoms with van der Waals surface area (Å²) < 4.78 is 5.88. The van der Waals surface area contributed by atoms with Gasteiger partial charge in [-0.25, -0.2) is 0 Å². The highest BCUT2D eigenvalue weighted by molar-refractivity contribution is 14.0. The van der Waals surface area contributed by atoms with Gasteiger partial charge in [0.15, 0.2) is 5.96 Å². The molecule has 2 atom stereocenters. The maximum Gasteiger partial charge on any atom is 0.191 e. The first-order chi connectivity index (χ1) is 11.1. The third-order valence-corrected chi connectivity index (χ3v) is 4.61. The first-order valence-corrected chi connectivity index (χ1v) is 9.03. The fraction of sp³-hybridized carbons (Fsp3) is 0.941. The van der Waals surface area contributed by atoms with Crippen molar-refractivity contribution in [1.29, 1.82) is 0 Å². The average molecular weight is 453 g/mol. The molecule has 0 aromatic rings. The molecule has 2 unspecified atom stereocenters. The second-order valence-corrected chi connectivity index (χ2v) is 7.40. The molecule has 2 N–H and O–H groups in total. The standard InChI is InChI=1S/C17H35N5O.HI/c1-14(2)11-22-7-8-23-16(13-22)10-20-17(18-3)19-9-15-5-6-21(4)12-15;/h14-16H,5-13H2,1-4H3,(H2,18,19,20);1H. The van der Waals surface area contributed by atoms with Crippen LogP contribution in [0.1, 0.15) is 20.3 Å². The lowest BCUT2D eigenvalue weighted by atomic mass is 10.1. The Bertz CT molecular complexity index is 380. The van der Waals surface area contributed by atoms with Crippen molar-refractivity contribution in [3.63, 3.8) is 0 Å². The van der Waals surface area contributed by atoms with Gasteiger partial charge in [0, 0.05) is 46.3 Å². The van der Waals surface area contributed by atoms with E-state index < -0.39 is 0 Å². The van der Waals surface area contributed by atoms with Crippen LogP contribution in [0.25, 0.3) is 0 Å². The molecule has 0 aromatic heterocycles. The van der Waals surface area contributed by atoms with Crippen LogP contribution in [0.5, 0.6) is 0 Å². The predicted molar refractivity (Wildman–Crippen MR) is 111 cm³/mol. The Kier molecular flexibility index (Phi) is 10.5. The lowest BCUT2D eigenvalue weighted by molar-refractivity contribution is -0.0284. The normalized spacial score (nSPS) is 26.5. The van der Waals surface area contributed by atoms with Crippen LogP contribution in [-0.4, -0.2) is 88.4 Å². The first-order valence-electron chi connectivity index (χ1n) is 9.03. The average Bonchev–Trinajstić information content (AvgIpc) is 2.93. The molecule has 0 aliphatic carbocycles. The van der Waals surface area contributed by atoms with Crippen LogP contribution in [0.3, 0.4) is 0 Å². The van der Waals surface area contributed by atoms with E-state index in [9.17, 15) is 0 Å². The van der Waals surface area contributed by atoms with E-state index in [1.165, 1.54) is 19.5 Å². The Hall–Kier alpha value is -0.120. The van der Waals surface area contributed by atoms with Crippen molar-refractivity contribution in [3.8, 4) is 0 Å². The molecule has 24 heavy (non-hydrogen) atoms. The number of rotatable bonds is 6. The number of aliphatic imine (C=N–C) groups is 1. The summed E-state index contributed by atoms with van der Waals surface area (Å²) in [5.41, 5.74) is 0. The van der Waals surface area contributed by atoms with Gasteiger partial charge in [-0.2, -0.15) is 0 Å². The highest BCUT2D eigenvalue weighted by atomic mass is 127. The molecule has 2 saturated heterocycles. The molecular formula is C17H36IN5O. The summed E-state index contributed by atoms with van der Waals surface area (Å²) in [5, 5.41) is 6.88. The van der Waals surface area contributed by atoms with Crippen molar-refractivity contribution in [2.45, 2.75) is 26.4 Å². The van der Waals surface area contributed by atoms with Crippen molar-refractivity contribution < 1.29 is 4.74 Å². The Balaban J connectivity index is 0.00000288. The number of nitrogens with zero attached hydrogens (tertiary/aromatic N) is 3. The second kappa shape index (κ2) is 11.5. The number of morpholine rings is 1. The van der Waals surface area contributed by atoms with Crippen LogP contribution in [0.15, 0.2) is 4.99 Å². The van der Waals surface area contributed by atoms with E-state index in [-0.39, 0.29) is 30.1 Å². The van der Waals surface area contributed by atoms with Gasteiger partial charge in [0.1, 0.15) is 0 Å². The van der Waals surface area contributed by atoms with Crippen molar-refractivity contribution in [1.82, 2.24) is 20.4 Å². The van der Waals surface area contributed by atoms with Gasteiger partial charge in [-0.15, -0.1) is 24.0 Å². The largest absolute Gasteiger partial charge is 0.374 e. The van der Waals surface area contributed by atoms with Gasteiger partial charge in [-0.05, 0) is 31.8 Å². The highest BCUT2D eigenvalue weighted by Crippen LogP contribution is 2.12. The molecule has 2 rings (SSSR count). The van der Waals surface area contributed by atoms with Crippen LogP contribution in [0, 0.1) is 11.8 Å². The van der Waals surface area contributed by atoms with Crippen LogP contribution >= 0.6 is 24.0 Å². The summed E-state index contributed by atoms with van der Waals surface area (Å²) in [5.74, 6) is 2.33. The molecule has 6 nitrogen and oxygen atoms in total. The topological polar surface area (TPSA) is 52.1 Å². The van der Waals surface area contributed by atoms with Crippen LogP contribution in [-0.2, 0) is 4.74 Å². The maximum absolute atomic E-state index is 5.88. The molecule has 0 amide bonds. The predicted octanol–water partition coefficient (Wildman–Crippen LogP) is 1.08. The van der Waals surface area contributed by atoms with E-state index in [4.69, 9.17) is 4.74 Å². The lowest BCUT2D eigenvalue weighted by Gasteiger charge is -2.34. The molecule has 2 aliphatic heterocycles. The number of guanidine groups is 1. The number of hydrogen-bond donors (Lipinski definition) is 2. The molecule has 0 bridgehead atoms. The van der Waals surface area contributed by atoms with Gasteiger partial charge in [0.2, 0.25) is 0 Å². The fourth-order valence-electron chi connectivity index (χ4n) is 3.45. The van der Waals surface area contributed by atoms with E-state index in [1.807, 2.05) is 7.05 Å². The van der Waals surface area contributed by atoms with E-state index in [2.05, 4.69) is 46.3 Å². The summed E-state index contributed by atoms with van der Waals surface area (Å²) in [4.78, 5) is 9.23. The van der Waals surface area contributed by atoms with Crippen molar-refractivity contribution in [2.24, 2.45) is 16.8 Å². The SMILES string of the molecule is CN=C(NCC1CCN(C)C1)NCC1CN(CC(C)C)CCO1.I. The van der Waals surface area contributed by atoms with Gasteiger partial charge in [-0.1, -0.05) is 13.8 Å². The third kappa shape index (κ3) is 7.84. The van der Waals surface area contributed by atoms with E-state index >= 15 is 0 Å². The summed E-state index contributed by atoms with van der Waals surface area (Å²) >= 11 is 0. The van der Waals surface area contributed by atoms with Crippen LogP contribution in [0.4, 0.5) is 0 Å². The van der Waals surface area contributed by atoms with Gasteiger partial charge >= 0.3 is 0 Å². The molecule has 142 valence electrons. The number of hydrogen-bond acceptors (Lipinski definition) is 4. The van der Waals surface area contributed by atoms with Crippen molar-refractivity contribution in [3.05, 3.63) is 0 Å². The zero-order valence-corrected chi connectivity index (χ0v) is 18.1. The van der Waals surface area contributed by atoms with Gasteiger partial charge in [-0.3, -0.25) is 9.89 Å². The Morgan fingerprint density at radius 1 is 1.21 bits per heavy atom.